The number of nitrogens with zero attached hydrogens (tertiary/aromatic N) is 1. The average Bonchev–Trinajstić information content (AvgIpc) is 2.39. The fourth-order valence-electron chi connectivity index (χ4n) is 2.02. The molecule has 0 bridgehead atoms. The minimum absolute atomic E-state index is 0.00223. The number of benzene rings is 1. The van der Waals surface area contributed by atoms with E-state index in [9.17, 15) is 4.79 Å². The Morgan fingerprint density at radius 3 is 2.60 bits per heavy atom. The lowest BCUT2D eigenvalue weighted by molar-refractivity contribution is 0.0936. The maximum Gasteiger partial charge on any atom is 0.251 e. The number of anilines is 1. The van der Waals surface area contributed by atoms with Gasteiger partial charge in [0, 0.05) is 23.8 Å². The number of hydrogen-bond donors (Lipinski definition) is 2. The van der Waals surface area contributed by atoms with E-state index in [1.54, 1.807) is 0 Å². The van der Waals surface area contributed by atoms with Crippen LogP contribution in [0.3, 0.4) is 0 Å². The molecule has 112 valence electrons. The summed E-state index contributed by atoms with van der Waals surface area (Å²) in [6.07, 6.45) is 0.952. The summed E-state index contributed by atoms with van der Waals surface area (Å²) in [6, 6.07) is 5.96. The third kappa shape index (κ3) is 5.21. The van der Waals surface area contributed by atoms with Crippen molar-refractivity contribution in [1.29, 1.82) is 0 Å². The van der Waals surface area contributed by atoms with Crippen molar-refractivity contribution in [3.8, 4) is 0 Å². The Morgan fingerprint density at radius 1 is 1.35 bits per heavy atom. The van der Waals surface area contributed by atoms with Crippen LogP contribution in [0.5, 0.6) is 0 Å². The SMILES string of the molecule is CCNc1ccc(C(=O)NC(C)CCN(C)C)cc1C. The van der Waals surface area contributed by atoms with Crippen molar-refractivity contribution >= 4 is 11.6 Å². The Kier molecular flexibility index (Phi) is 6.52. The Morgan fingerprint density at radius 2 is 2.05 bits per heavy atom. The molecule has 0 aliphatic carbocycles. The minimum atomic E-state index is 0.00223. The number of carbonyl (C=O) groups excluding carboxylic acids is 1. The third-order valence-corrected chi connectivity index (χ3v) is 3.24. The molecule has 1 aromatic rings. The Hall–Kier alpha value is -1.55. The zero-order valence-electron chi connectivity index (χ0n) is 13.3. The van der Waals surface area contributed by atoms with Crippen LogP contribution in [-0.2, 0) is 0 Å². The lowest BCUT2D eigenvalue weighted by Crippen LogP contribution is -2.34. The quantitative estimate of drug-likeness (QED) is 0.805. The highest BCUT2D eigenvalue weighted by atomic mass is 16.1. The topological polar surface area (TPSA) is 44.4 Å². The van der Waals surface area contributed by atoms with Crippen LogP contribution < -0.4 is 10.6 Å². The summed E-state index contributed by atoms with van der Waals surface area (Å²) >= 11 is 0. The maximum absolute atomic E-state index is 12.2. The highest BCUT2D eigenvalue weighted by Gasteiger charge is 2.11. The molecule has 4 heteroatoms. The molecule has 0 radical (unpaired) electrons. The van der Waals surface area contributed by atoms with Crippen molar-refractivity contribution in [2.24, 2.45) is 0 Å². The fraction of sp³-hybridized carbons (Fsp3) is 0.562. The number of carbonyl (C=O) groups is 1. The molecule has 0 aromatic heterocycles. The smallest absolute Gasteiger partial charge is 0.251 e. The van der Waals surface area contributed by atoms with E-state index in [4.69, 9.17) is 0 Å². The van der Waals surface area contributed by atoms with Gasteiger partial charge in [-0.15, -0.1) is 0 Å². The molecule has 0 saturated carbocycles. The molecule has 0 heterocycles. The van der Waals surface area contributed by atoms with Gasteiger partial charge in [-0.2, -0.15) is 0 Å². The van der Waals surface area contributed by atoms with Crippen LogP contribution in [0, 0.1) is 6.92 Å². The number of hydrogen-bond acceptors (Lipinski definition) is 3. The highest BCUT2D eigenvalue weighted by molar-refractivity contribution is 5.95. The van der Waals surface area contributed by atoms with Gasteiger partial charge in [-0.3, -0.25) is 4.79 Å². The van der Waals surface area contributed by atoms with Gasteiger partial charge < -0.3 is 15.5 Å². The second kappa shape index (κ2) is 7.90. The lowest BCUT2D eigenvalue weighted by atomic mass is 10.1. The first-order chi connectivity index (χ1) is 9.43. The second-order valence-corrected chi connectivity index (χ2v) is 5.53. The lowest BCUT2D eigenvalue weighted by Gasteiger charge is -2.17. The van der Waals surface area contributed by atoms with Gasteiger partial charge in [-0.05, 0) is 71.6 Å². The van der Waals surface area contributed by atoms with Crippen LogP contribution in [-0.4, -0.2) is 44.0 Å². The van der Waals surface area contributed by atoms with Gasteiger partial charge in [-0.25, -0.2) is 0 Å². The van der Waals surface area contributed by atoms with Crippen molar-refractivity contribution in [3.63, 3.8) is 0 Å². The summed E-state index contributed by atoms with van der Waals surface area (Å²) in [7, 11) is 4.08. The van der Waals surface area contributed by atoms with Crippen molar-refractivity contribution in [2.45, 2.75) is 33.2 Å². The Balaban J connectivity index is 2.61. The molecule has 0 saturated heterocycles. The number of nitrogens with one attached hydrogen (secondary N) is 2. The van der Waals surface area contributed by atoms with Gasteiger partial charge in [0.05, 0.1) is 0 Å². The second-order valence-electron chi connectivity index (χ2n) is 5.53. The van der Waals surface area contributed by atoms with Gasteiger partial charge >= 0.3 is 0 Å². The van der Waals surface area contributed by atoms with E-state index in [1.165, 1.54) is 0 Å². The largest absolute Gasteiger partial charge is 0.385 e. The maximum atomic E-state index is 12.2. The van der Waals surface area contributed by atoms with Crippen LogP contribution in [0.2, 0.25) is 0 Å². The van der Waals surface area contributed by atoms with Crippen LogP contribution >= 0.6 is 0 Å². The summed E-state index contributed by atoms with van der Waals surface area (Å²) in [6.45, 7) is 7.98. The number of aryl methyl sites for hydroxylation is 1. The molecule has 0 spiro atoms. The molecule has 0 aliphatic rings. The van der Waals surface area contributed by atoms with E-state index < -0.39 is 0 Å². The molecule has 1 aromatic carbocycles. The van der Waals surface area contributed by atoms with E-state index in [2.05, 4.69) is 22.5 Å². The van der Waals surface area contributed by atoms with Crippen LogP contribution in [0.25, 0.3) is 0 Å². The van der Waals surface area contributed by atoms with E-state index in [0.717, 1.165) is 36.3 Å². The van der Waals surface area contributed by atoms with Crippen molar-refractivity contribution in [2.75, 3.05) is 32.5 Å². The van der Waals surface area contributed by atoms with Crippen molar-refractivity contribution in [3.05, 3.63) is 29.3 Å². The monoisotopic (exact) mass is 277 g/mol. The van der Waals surface area contributed by atoms with Gasteiger partial charge in [-0.1, -0.05) is 0 Å². The molecular weight excluding hydrogens is 250 g/mol. The highest BCUT2D eigenvalue weighted by Crippen LogP contribution is 2.16. The van der Waals surface area contributed by atoms with E-state index >= 15 is 0 Å². The predicted molar refractivity (Wildman–Crippen MR) is 85.4 cm³/mol. The predicted octanol–water partition coefficient (Wildman–Crippen LogP) is 2.50. The number of amides is 1. The molecule has 0 fully saturated rings. The van der Waals surface area contributed by atoms with Gasteiger partial charge in [0.1, 0.15) is 0 Å². The summed E-state index contributed by atoms with van der Waals surface area (Å²) in [5.74, 6) is 0.00223. The standard InChI is InChI=1S/C16H27N3O/c1-6-17-15-8-7-14(11-12(15)2)16(20)18-13(3)9-10-19(4)5/h7-8,11,13,17H,6,9-10H2,1-5H3,(H,18,20). The van der Waals surface area contributed by atoms with Crippen LogP contribution in [0.4, 0.5) is 5.69 Å². The third-order valence-electron chi connectivity index (χ3n) is 3.24. The summed E-state index contributed by atoms with van der Waals surface area (Å²) in [5, 5.41) is 6.32. The molecule has 20 heavy (non-hydrogen) atoms. The first-order valence-electron chi connectivity index (χ1n) is 7.24. The van der Waals surface area contributed by atoms with Crippen molar-refractivity contribution in [1.82, 2.24) is 10.2 Å². The normalized spacial score (nSPS) is 12.3. The summed E-state index contributed by atoms with van der Waals surface area (Å²) in [5.41, 5.74) is 2.91. The van der Waals surface area contributed by atoms with Gasteiger partial charge in [0.2, 0.25) is 0 Å². The first-order valence-corrected chi connectivity index (χ1v) is 7.24. The summed E-state index contributed by atoms with van der Waals surface area (Å²) < 4.78 is 0. The molecule has 4 nitrogen and oxygen atoms in total. The van der Waals surface area contributed by atoms with E-state index in [0.29, 0.717) is 0 Å². The molecule has 1 atom stereocenters. The zero-order valence-corrected chi connectivity index (χ0v) is 13.3. The van der Waals surface area contributed by atoms with Crippen LogP contribution in [0.1, 0.15) is 36.2 Å². The molecule has 2 N–H and O–H groups in total. The Labute approximate surface area is 122 Å². The number of rotatable bonds is 7. The molecule has 1 amide bonds. The summed E-state index contributed by atoms with van der Waals surface area (Å²) in [4.78, 5) is 14.3. The zero-order chi connectivity index (χ0) is 15.1. The van der Waals surface area contributed by atoms with Crippen LogP contribution in [0.15, 0.2) is 18.2 Å². The Bertz CT molecular complexity index is 443. The average molecular weight is 277 g/mol. The van der Waals surface area contributed by atoms with Gasteiger partial charge in [0.15, 0.2) is 0 Å². The molecule has 1 unspecified atom stereocenters. The van der Waals surface area contributed by atoms with E-state index in [-0.39, 0.29) is 11.9 Å². The molecular formula is C16H27N3O. The van der Waals surface area contributed by atoms with E-state index in [1.807, 2.05) is 46.1 Å². The molecule has 1 rings (SSSR count). The van der Waals surface area contributed by atoms with Gasteiger partial charge in [0.25, 0.3) is 5.91 Å². The minimum Gasteiger partial charge on any atom is -0.385 e. The first kappa shape index (κ1) is 16.5. The molecule has 0 aliphatic heterocycles. The van der Waals surface area contributed by atoms with Crippen molar-refractivity contribution < 1.29 is 4.79 Å². The fourth-order valence-corrected chi connectivity index (χ4v) is 2.02.